The lowest BCUT2D eigenvalue weighted by Gasteiger charge is -2.46. The van der Waals surface area contributed by atoms with Gasteiger partial charge in [0, 0.05) is 58.2 Å². The predicted molar refractivity (Wildman–Crippen MR) is 206 cm³/mol. The van der Waals surface area contributed by atoms with Crippen LogP contribution in [0.25, 0.3) is 42.8 Å². The highest BCUT2D eigenvalue weighted by Gasteiger charge is 2.38. The number of thiazole rings is 1. The van der Waals surface area contributed by atoms with Gasteiger partial charge in [-0.25, -0.2) is 14.6 Å². The van der Waals surface area contributed by atoms with Crippen LogP contribution >= 0.6 is 22.9 Å². The fourth-order valence-electron chi connectivity index (χ4n) is 7.66. The number of fused-ring (bicyclic) bond motifs is 2. The summed E-state index contributed by atoms with van der Waals surface area (Å²) in [7, 11) is 1.43. The van der Waals surface area contributed by atoms with Crippen LogP contribution in [0.2, 0.25) is 5.02 Å². The molecule has 1 atom stereocenters. The lowest BCUT2D eigenvalue weighted by molar-refractivity contribution is -0.160. The van der Waals surface area contributed by atoms with Crippen molar-refractivity contribution in [3.63, 3.8) is 0 Å². The molecule has 2 aromatic heterocycles. The Balaban J connectivity index is 1.28. The number of carboxylic acids is 1. The van der Waals surface area contributed by atoms with Crippen molar-refractivity contribution in [1.29, 1.82) is 0 Å². The standard InChI is InChI=1S/C40H46ClN5O5S/c1-22(2)46-31-13-10-26(19-29(31)34(43-46)25-14-16-44(17-15-25)28-20-45(21-28)39(49)50-7)37-42-30-18-23(3)32(35(38(47)48)51-40(4,5)6)33(36(30)52-37)24-8-11-27(41)12-9-24/h8-13,18-19,22,25,28,35H,14-17,20-21H2,1-7H3,(H,47,48)/t35-/m0/s1. The van der Waals surface area contributed by atoms with Crippen molar-refractivity contribution < 1.29 is 24.2 Å². The summed E-state index contributed by atoms with van der Waals surface area (Å²) in [6.45, 7) is 15.2. The highest BCUT2D eigenvalue weighted by atomic mass is 35.5. The lowest BCUT2D eigenvalue weighted by Crippen LogP contribution is -2.62. The number of halogens is 1. The first-order valence-corrected chi connectivity index (χ1v) is 19.1. The number of hydrogen-bond donors (Lipinski definition) is 1. The molecule has 4 heterocycles. The van der Waals surface area contributed by atoms with Gasteiger partial charge < -0.3 is 19.5 Å². The van der Waals surface area contributed by atoms with Crippen molar-refractivity contribution in [2.24, 2.45) is 0 Å². The van der Waals surface area contributed by atoms with Crippen molar-refractivity contribution in [3.8, 4) is 21.7 Å². The molecule has 5 aromatic rings. The fraction of sp³-hybridized carbons (Fsp3) is 0.450. The molecule has 0 unspecified atom stereocenters. The van der Waals surface area contributed by atoms with Gasteiger partial charge in [-0.1, -0.05) is 23.7 Å². The summed E-state index contributed by atoms with van der Waals surface area (Å²) in [6, 6.07) is 16.6. The van der Waals surface area contributed by atoms with Gasteiger partial charge in [0.2, 0.25) is 0 Å². The van der Waals surface area contributed by atoms with Gasteiger partial charge in [-0.2, -0.15) is 5.10 Å². The number of carbonyl (C=O) groups excluding carboxylic acids is 1. The molecule has 10 nitrogen and oxygen atoms in total. The number of likely N-dealkylation sites (tertiary alicyclic amines) is 2. The molecule has 7 rings (SSSR count). The number of aryl methyl sites for hydroxylation is 1. The van der Waals surface area contributed by atoms with Crippen LogP contribution in [-0.4, -0.2) is 86.7 Å². The third-order valence-corrected chi connectivity index (χ3v) is 11.6. The summed E-state index contributed by atoms with van der Waals surface area (Å²) in [5.74, 6) is -0.724. The van der Waals surface area contributed by atoms with Crippen LogP contribution in [0.5, 0.6) is 0 Å². The van der Waals surface area contributed by atoms with Gasteiger partial charge in [-0.05, 0) is 115 Å². The molecule has 0 bridgehead atoms. The summed E-state index contributed by atoms with van der Waals surface area (Å²) in [4.78, 5) is 34.1. The number of aliphatic carboxylic acids is 1. The minimum absolute atomic E-state index is 0.199. The smallest absolute Gasteiger partial charge is 0.409 e. The van der Waals surface area contributed by atoms with E-state index < -0.39 is 17.7 Å². The van der Waals surface area contributed by atoms with Gasteiger partial charge in [-0.3, -0.25) is 9.58 Å². The minimum Gasteiger partial charge on any atom is -0.479 e. The highest BCUT2D eigenvalue weighted by molar-refractivity contribution is 7.22. The molecule has 12 heteroatoms. The Hall–Kier alpha value is -4.03. The van der Waals surface area contributed by atoms with Crippen LogP contribution in [-0.2, 0) is 14.3 Å². The molecule has 2 fully saturated rings. The molecule has 52 heavy (non-hydrogen) atoms. The van der Waals surface area contributed by atoms with Crippen LogP contribution in [0.3, 0.4) is 0 Å². The Morgan fingerprint density at radius 1 is 1.02 bits per heavy atom. The van der Waals surface area contributed by atoms with E-state index in [1.54, 1.807) is 16.2 Å². The molecule has 1 N–H and O–H groups in total. The number of ether oxygens (including phenoxy) is 2. The van der Waals surface area contributed by atoms with Crippen molar-refractivity contribution in [3.05, 3.63) is 70.4 Å². The normalized spacial score (nSPS) is 16.9. The van der Waals surface area contributed by atoms with Crippen molar-refractivity contribution >= 4 is 56.1 Å². The maximum Gasteiger partial charge on any atom is 0.409 e. The molecule has 0 spiro atoms. The van der Waals surface area contributed by atoms with Gasteiger partial charge in [0.25, 0.3) is 0 Å². The van der Waals surface area contributed by atoms with Gasteiger partial charge in [0.1, 0.15) is 5.01 Å². The van der Waals surface area contributed by atoms with E-state index >= 15 is 0 Å². The second-order valence-electron chi connectivity index (χ2n) is 15.3. The number of carbonyl (C=O) groups is 2. The van der Waals surface area contributed by atoms with Gasteiger partial charge in [0.05, 0.1) is 34.1 Å². The SMILES string of the molecule is COC(=O)N1CC(N2CCC(c3nn(C(C)C)c4ccc(-c5nc6cc(C)c([C@H](OC(C)(C)C)C(=O)O)c(-c7ccc(Cl)cc7)c6s5)cc34)CC2)C1. The summed E-state index contributed by atoms with van der Waals surface area (Å²) in [6.07, 6.45) is 0.566. The van der Waals surface area contributed by atoms with E-state index in [0.29, 0.717) is 22.5 Å². The van der Waals surface area contributed by atoms with Crippen LogP contribution in [0.4, 0.5) is 4.79 Å². The zero-order valence-corrected chi connectivity index (χ0v) is 32.3. The van der Waals surface area contributed by atoms with E-state index in [1.807, 2.05) is 58.0 Å². The predicted octanol–water partition coefficient (Wildman–Crippen LogP) is 9.09. The Bertz CT molecular complexity index is 2140. The molecule has 2 saturated heterocycles. The zero-order valence-electron chi connectivity index (χ0n) is 30.8. The van der Waals surface area contributed by atoms with E-state index in [9.17, 15) is 14.7 Å². The second-order valence-corrected chi connectivity index (χ2v) is 16.7. The fourth-order valence-corrected chi connectivity index (χ4v) is 8.90. The number of piperidine rings is 1. The van der Waals surface area contributed by atoms with E-state index in [1.165, 1.54) is 7.11 Å². The Labute approximate surface area is 313 Å². The number of amides is 1. The molecule has 274 valence electrons. The number of rotatable bonds is 8. The quantitative estimate of drug-likeness (QED) is 0.168. The van der Waals surface area contributed by atoms with Gasteiger partial charge in [0.15, 0.2) is 6.10 Å². The molecule has 3 aromatic carbocycles. The molecule has 0 radical (unpaired) electrons. The summed E-state index contributed by atoms with van der Waals surface area (Å²) in [5.41, 5.74) is 6.42. The summed E-state index contributed by atoms with van der Waals surface area (Å²) >= 11 is 7.87. The van der Waals surface area contributed by atoms with Gasteiger partial charge in [-0.15, -0.1) is 11.3 Å². The van der Waals surface area contributed by atoms with Crippen LogP contribution in [0.15, 0.2) is 48.5 Å². The molecule has 0 saturated carbocycles. The third-order valence-electron chi connectivity index (χ3n) is 10.2. The second kappa shape index (κ2) is 14.1. The molecule has 2 aliphatic heterocycles. The van der Waals surface area contributed by atoms with E-state index in [0.717, 1.165) is 93.1 Å². The van der Waals surface area contributed by atoms with Crippen LogP contribution < -0.4 is 0 Å². The Morgan fingerprint density at radius 3 is 2.31 bits per heavy atom. The summed E-state index contributed by atoms with van der Waals surface area (Å²) < 4.78 is 14.1. The molecule has 1 amide bonds. The first-order valence-electron chi connectivity index (χ1n) is 17.9. The molecule has 0 aliphatic carbocycles. The first kappa shape index (κ1) is 36.3. The number of aromatic nitrogens is 3. The monoisotopic (exact) mass is 743 g/mol. The number of benzene rings is 3. The number of hydrogen-bond acceptors (Lipinski definition) is 8. The average Bonchev–Trinajstić information content (AvgIpc) is 3.68. The number of nitrogens with zero attached hydrogens (tertiary/aromatic N) is 5. The third kappa shape index (κ3) is 6.91. The first-order chi connectivity index (χ1) is 24.7. The number of carboxylic acid groups (broad SMARTS) is 1. The van der Waals surface area contributed by atoms with Crippen LogP contribution in [0, 0.1) is 6.92 Å². The maximum absolute atomic E-state index is 12.8. The highest BCUT2D eigenvalue weighted by Crippen LogP contribution is 2.45. The van der Waals surface area contributed by atoms with E-state index in [4.69, 9.17) is 31.2 Å². The van der Waals surface area contributed by atoms with E-state index in [-0.39, 0.29) is 12.1 Å². The maximum atomic E-state index is 12.8. The average molecular weight is 744 g/mol. The Kier molecular flexibility index (Phi) is 9.84. The topological polar surface area (TPSA) is 110 Å². The Morgan fingerprint density at radius 2 is 1.69 bits per heavy atom. The molecule has 2 aliphatic rings. The lowest BCUT2D eigenvalue weighted by atomic mass is 9.90. The zero-order chi connectivity index (χ0) is 37.1. The van der Waals surface area contributed by atoms with Crippen molar-refractivity contribution in [2.45, 2.75) is 84.1 Å². The van der Waals surface area contributed by atoms with Crippen LogP contribution in [0.1, 0.15) is 82.3 Å². The molecular formula is C40H46ClN5O5S. The van der Waals surface area contributed by atoms with E-state index in [2.05, 4.69) is 41.6 Å². The van der Waals surface area contributed by atoms with Crippen molar-refractivity contribution in [1.82, 2.24) is 24.6 Å². The van der Waals surface area contributed by atoms with Gasteiger partial charge >= 0.3 is 12.1 Å². The summed E-state index contributed by atoms with van der Waals surface area (Å²) in [5, 5.41) is 18.3. The largest absolute Gasteiger partial charge is 0.479 e. The molecular weight excluding hydrogens is 698 g/mol. The van der Waals surface area contributed by atoms with Crippen molar-refractivity contribution in [2.75, 3.05) is 33.3 Å². The minimum atomic E-state index is -1.18. The number of methoxy groups -OCH3 is 1.